The van der Waals surface area contributed by atoms with Gasteiger partial charge in [-0.1, -0.05) is 90.9 Å². The van der Waals surface area contributed by atoms with E-state index < -0.39 is 15.4 Å². The van der Waals surface area contributed by atoms with Gasteiger partial charge in [0.05, 0.1) is 11.4 Å². The first-order valence-electron chi connectivity index (χ1n) is 10.6. The van der Waals surface area contributed by atoms with Crippen molar-refractivity contribution in [2.45, 2.75) is 128 Å². The highest BCUT2D eigenvalue weighted by atomic mass is 32.2. The highest BCUT2D eigenvalue weighted by Gasteiger charge is 2.21. The summed E-state index contributed by atoms with van der Waals surface area (Å²) < 4.78 is 32.0. The lowest BCUT2D eigenvalue weighted by Gasteiger charge is -2.13. The number of hydrogen-bond donors (Lipinski definition) is 2. The fourth-order valence-corrected chi connectivity index (χ4v) is 4.21. The van der Waals surface area contributed by atoms with E-state index in [1.807, 2.05) is 6.92 Å². The standard InChI is InChI=1S/C20H42O4S/c1-3-5-7-12-15-19(21)16-13-10-8-9-11-14-18-20(17-6-4-2)25(22,23)24/h19-21H,3-18H2,1-2H3,(H,22,23,24). The third kappa shape index (κ3) is 15.8. The second-order valence-electron chi connectivity index (χ2n) is 7.48. The SMILES string of the molecule is CCCCCCC(O)CCCCCCCCC(CCCC)S(=O)(=O)O. The van der Waals surface area contributed by atoms with Crippen molar-refractivity contribution in [3.63, 3.8) is 0 Å². The summed E-state index contributed by atoms with van der Waals surface area (Å²) in [4.78, 5) is 0. The molecular formula is C20H42O4S. The lowest BCUT2D eigenvalue weighted by Crippen LogP contribution is -2.20. The minimum atomic E-state index is -3.89. The molecule has 0 aromatic rings. The van der Waals surface area contributed by atoms with Crippen LogP contribution in [0.3, 0.4) is 0 Å². The van der Waals surface area contributed by atoms with E-state index in [4.69, 9.17) is 0 Å². The van der Waals surface area contributed by atoms with Crippen molar-refractivity contribution in [3.8, 4) is 0 Å². The Bertz CT molecular complexity index is 381. The van der Waals surface area contributed by atoms with E-state index in [9.17, 15) is 18.1 Å². The topological polar surface area (TPSA) is 74.6 Å². The van der Waals surface area contributed by atoms with Crippen molar-refractivity contribution in [3.05, 3.63) is 0 Å². The summed E-state index contributed by atoms with van der Waals surface area (Å²) in [5, 5.41) is 9.34. The molecule has 2 atom stereocenters. The second-order valence-corrected chi connectivity index (χ2v) is 9.18. The Kier molecular flexibility index (Phi) is 16.0. The predicted molar refractivity (Wildman–Crippen MR) is 107 cm³/mol. The van der Waals surface area contributed by atoms with E-state index >= 15 is 0 Å². The predicted octanol–water partition coefficient (Wildman–Crippen LogP) is 5.89. The summed E-state index contributed by atoms with van der Waals surface area (Å²) in [7, 11) is -3.89. The van der Waals surface area contributed by atoms with Crippen LogP contribution in [0.2, 0.25) is 0 Å². The first kappa shape index (κ1) is 24.9. The van der Waals surface area contributed by atoms with Gasteiger partial charge in [-0.15, -0.1) is 0 Å². The maximum Gasteiger partial charge on any atom is 0.267 e. The molecule has 152 valence electrons. The lowest BCUT2D eigenvalue weighted by molar-refractivity contribution is 0.147. The molecule has 0 aliphatic rings. The number of unbranched alkanes of at least 4 members (excludes halogenated alkanes) is 9. The molecule has 0 rings (SSSR count). The van der Waals surface area contributed by atoms with Crippen molar-refractivity contribution in [1.82, 2.24) is 0 Å². The molecule has 4 nitrogen and oxygen atoms in total. The van der Waals surface area contributed by atoms with Crippen LogP contribution in [0.1, 0.15) is 117 Å². The highest BCUT2D eigenvalue weighted by Crippen LogP contribution is 2.18. The zero-order chi connectivity index (χ0) is 19.0. The van der Waals surface area contributed by atoms with E-state index in [1.165, 1.54) is 19.3 Å². The van der Waals surface area contributed by atoms with Gasteiger partial charge in [0.15, 0.2) is 0 Å². The Hall–Kier alpha value is -0.130. The first-order valence-corrected chi connectivity index (χ1v) is 12.1. The molecule has 2 N–H and O–H groups in total. The van der Waals surface area contributed by atoms with Crippen LogP contribution in [-0.4, -0.2) is 29.4 Å². The van der Waals surface area contributed by atoms with Crippen LogP contribution in [0.4, 0.5) is 0 Å². The van der Waals surface area contributed by atoms with Crippen LogP contribution in [0.5, 0.6) is 0 Å². The van der Waals surface area contributed by atoms with E-state index in [1.54, 1.807) is 0 Å². The minimum Gasteiger partial charge on any atom is -0.393 e. The molecule has 5 heteroatoms. The molecule has 0 amide bonds. The van der Waals surface area contributed by atoms with E-state index in [-0.39, 0.29) is 6.10 Å². The van der Waals surface area contributed by atoms with Crippen LogP contribution in [0.25, 0.3) is 0 Å². The van der Waals surface area contributed by atoms with E-state index in [0.29, 0.717) is 12.8 Å². The van der Waals surface area contributed by atoms with Gasteiger partial charge in [-0.05, 0) is 25.7 Å². The zero-order valence-electron chi connectivity index (χ0n) is 16.6. The Balaban J connectivity index is 3.56. The van der Waals surface area contributed by atoms with Gasteiger partial charge in [0.1, 0.15) is 0 Å². The van der Waals surface area contributed by atoms with E-state index in [0.717, 1.165) is 70.6 Å². The molecule has 0 bridgehead atoms. The van der Waals surface area contributed by atoms with Crippen molar-refractivity contribution in [2.75, 3.05) is 0 Å². The molecule has 25 heavy (non-hydrogen) atoms. The van der Waals surface area contributed by atoms with Gasteiger partial charge in [0, 0.05) is 0 Å². The molecule has 0 aromatic heterocycles. The lowest BCUT2D eigenvalue weighted by atomic mass is 10.0. The van der Waals surface area contributed by atoms with Gasteiger partial charge in [0.2, 0.25) is 0 Å². The molecule has 0 saturated heterocycles. The monoisotopic (exact) mass is 378 g/mol. The number of aliphatic hydroxyl groups excluding tert-OH is 1. The molecule has 0 fully saturated rings. The maximum absolute atomic E-state index is 11.3. The number of hydrogen-bond acceptors (Lipinski definition) is 3. The van der Waals surface area contributed by atoms with Crippen molar-refractivity contribution >= 4 is 10.1 Å². The van der Waals surface area contributed by atoms with Gasteiger partial charge in [0.25, 0.3) is 10.1 Å². The molecule has 0 saturated carbocycles. The van der Waals surface area contributed by atoms with Gasteiger partial charge in [-0.25, -0.2) is 0 Å². The molecule has 0 spiro atoms. The Labute approximate surface area is 156 Å². The van der Waals surface area contributed by atoms with Crippen LogP contribution < -0.4 is 0 Å². The Morgan fingerprint density at radius 1 is 0.640 bits per heavy atom. The summed E-state index contributed by atoms with van der Waals surface area (Å²) in [6.07, 6.45) is 15.9. The normalized spacial score (nSPS) is 14.6. The fraction of sp³-hybridized carbons (Fsp3) is 1.00. The largest absolute Gasteiger partial charge is 0.393 e. The van der Waals surface area contributed by atoms with Crippen molar-refractivity contribution in [2.24, 2.45) is 0 Å². The Morgan fingerprint density at radius 3 is 1.52 bits per heavy atom. The molecule has 2 unspecified atom stereocenters. The maximum atomic E-state index is 11.3. The summed E-state index contributed by atoms with van der Waals surface area (Å²) in [5.74, 6) is 0. The van der Waals surface area contributed by atoms with Crippen molar-refractivity contribution in [1.29, 1.82) is 0 Å². The summed E-state index contributed by atoms with van der Waals surface area (Å²) in [5.41, 5.74) is 0. The van der Waals surface area contributed by atoms with Crippen LogP contribution in [-0.2, 0) is 10.1 Å². The zero-order valence-corrected chi connectivity index (χ0v) is 17.4. The van der Waals surface area contributed by atoms with Crippen molar-refractivity contribution < 1.29 is 18.1 Å². The fourth-order valence-electron chi connectivity index (χ4n) is 3.28. The van der Waals surface area contributed by atoms with Gasteiger partial charge >= 0.3 is 0 Å². The quantitative estimate of drug-likeness (QED) is 0.230. The molecule has 0 aliphatic heterocycles. The van der Waals surface area contributed by atoms with Gasteiger partial charge in [-0.3, -0.25) is 4.55 Å². The molecule has 0 radical (unpaired) electrons. The summed E-state index contributed by atoms with van der Waals surface area (Å²) in [6.45, 7) is 4.23. The van der Waals surface area contributed by atoms with Crippen LogP contribution >= 0.6 is 0 Å². The molecule has 0 aromatic carbocycles. The van der Waals surface area contributed by atoms with Crippen LogP contribution in [0, 0.1) is 0 Å². The number of rotatable bonds is 18. The Morgan fingerprint density at radius 2 is 1.04 bits per heavy atom. The average molecular weight is 379 g/mol. The third-order valence-corrected chi connectivity index (χ3v) is 6.32. The summed E-state index contributed by atoms with van der Waals surface area (Å²) in [6, 6.07) is 0. The molecule has 0 heterocycles. The van der Waals surface area contributed by atoms with E-state index in [2.05, 4.69) is 6.92 Å². The summed E-state index contributed by atoms with van der Waals surface area (Å²) >= 11 is 0. The highest BCUT2D eigenvalue weighted by molar-refractivity contribution is 7.86. The average Bonchev–Trinajstić information content (AvgIpc) is 2.55. The second kappa shape index (κ2) is 16.1. The number of aliphatic hydroxyl groups is 1. The first-order chi connectivity index (χ1) is 11.9. The van der Waals surface area contributed by atoms with Gasteiger partial charge < -0.3 is 5.11 Å². The molecular weight excluding hydrogens is 336 g/mol. The molecule has 0 aliphatic carbocycles. The van der Waals surface area contributed by atoms with Gasteiger partial charge in [-0.2, -0.15) is 8.42 Å². The minimum absolute atomic E-state index is 0.133. The third-order valence-electron chi connectivity index (χ3n) is 5.01. The van der Waals surface area contributed by atoms with Crippen LogP contribution in [0.15, 0.2) is 0 Å². The smallest absolute Gasteiger partial charge is 0.267 e.